The van der Waals surface area contributed by atoms with Gasteiger partial charge in [0, 0.05) is 26.8 Å². The van der Waals surface area contributed by atoms with Crippen molar-refractivity contribution in [2.24, 2.45) is 0 Å². The lowest BCUT2D eigenvalue weighted by Gasteiger charge is -2.25. The summed E-state index contributed by atoms with van der Waals surface area (Å²) in [4.78, 5) is 2.11. The van der Waals surface area contributed by atoms with E-state index in [0.29, 0.717) is 6.54 Å². The number of hydrogen-bond acceptors (Lipinski definition) is 3. The highest BCUT2D eigenvalue weighted by Gasteiger charge is 2.14. The largest absolute Gasteiger partial charge is 0.389 e. The lowest BCUT2D eigenvalue weighted by atomic mass is 10.1. The summed E-state index contributed by atoms with van der Waals surface area (Å²) in [7, 11) is 3.71. The fourth-order valence-electron chi connectivity index (χ4n) is 1.22. The lowest BCUT2D eigenvalue weighted by molar-refractivity contribution is 0.0421. The normalized spacial score (nSPS) is 12.5. The predicted octanol–water partition coefficient (Wildman–Crippen LogP) is 0.726. The minimum atomic E-state index is -0.595. The summed E-state index contributed by atoms with van der Waals surface area (Å²) in [6.45, 7) is 6.10. The van der Waals surface area contributed by atoms with Crippen LogP contribution in [0.15, 0.2) is 0 Å². The molecule has 74 valence electrons. The number of hydrogen-bond donors (Lipinski definition) is 1. The molecule has 0 fully saturated rings. The highest BCUT2D eigenvalue weighted by Crippen LogP contribution is 2.03. The Morgan fingerprint density at radius 2 is 2.00 bits per heavy atom. The third-order valence-electron chi connectivity index (χ3n) is 1.55. The van der Waals surface area contributed by atoms with E-state index in [2.05, 4.69) is 4.90 Å². The van der Waals surface area contributed by atoms with E-state index in [1.165, 1.54) is 0 Å². The van der Waals surface area contributed by atoms with Gasteiger partial charge < -0.3 is 14.7 Å². The van der Waals surface area contributed by atoms with Gasteiger partial charge in [-0.25, -0.2) is 0 Å². The maximum absolute atomic E-state index is 9.47. The third-order valence-corrected chi connectivity index (χ3v) is 1.55. The van der Waals surface area contributed by atoms with Gasteiger partial charge in [0.1, 0.15) is 0 Å². The Morgan fingerprint density at radius 1 is 1.42 bits per heavy atom. The molecule has 3 heteroatoms. The van der Waals surface area contributed by atoms with Gasteiger partial charge in [0.15, 0.2) is 0 Å². The highest BCUT2D eigenvalue weighted by atomic mass is 16.5. The van der Waals surface area contributed by atoms with Gasteiger partial charge in [-0.2, -0.15) is 0 Å². The first kappa shape index (κ1) is 11.9. The predicted molar refractivity (Wildman–Crippen MR) is 50.3 cm³/mol. The quantitative estimate of drug-likeness (QED) is 0.604. The molecule has 0 aliphatic carbocycles. The molecule has 0 aliphatic heterocycles. The standard InChI is InChI=1S/C9H21NO2/c1-9(2,11)8-10(3)6-5-7-12-4/h11H,5-8H2,1-4H3. The van der Waals surface area contributed by atoms with Crippen LogP contribution in [0.1, 0.15) is 20.3 Å². The molecule has 0 aliphatic rings. The van der Waals surface area contributed by atoms with Gasteiger partial charge in [0.25, 0.3) is 0 Å². The molecule has 0 amide bonds. The minimum absolute atomic E-state index is 0.595. The van der Waals surface area contributed by atoms with Crippen LogP contribution in [-0.4, -0.2) is 49.5 Å². The fourth-order valence-corrected chi connectivity index (χ4v) is 1.22. The second kappa shape index (κ2) is 5.51. The van der Waals surface area contributed by atoms with E-state index in [0.717, 1.165) is 19.6 Å². The number of nitrogens with zero attached hydrogens (tertiary/aromatic N) is 1. The number of ether oxygens (including phenoxy) is 1. The summed E-state index contributed by atoms with van der Waals surface area (Å²) in [5.74, 6) is 0. The molecular weight excluding hydrogens is 154 g/mol. The van der Waals surface area contributed by atoms with Gasteiger partial charge in [-0.1, -0.05) is 0 Å². The number of rotatable bonds is 6. The molecule has 0 rings (SSSR count). The van der Waals surface area contributed by atoms with Crippen LogP contribution < -0.4 is 0 Å². The molecule has 0 spiro atoms. The van der Waals surface area contributed by atoms with E-state index in [4.69, 9.17) is 4.74 Å². The Kier molecular flexibility index (Phi) is 5.46. The average Bonchev–Trinajstić information content (AvgIpc) is 1.84. The second-order valence-corrected chi connectivity index (χ2v) is 3.90. The number of methoxy groups -OCH3 is 1. The summed E-state index contributed by atoms with van der Waals surface area (Å²) >= 11 is 0. The zero-order valence-corrected chi connectivity index (χ0v) is 8.63. The van der Waals surface area contributed by atoms with Crippen LogP contribution >= 0.6 is 0 Å². The highest BCUT2D eigenvalue weighted by molar-refractivity contribution is 4.69. The van der Waals surface area contributed by atoms with Crippen LogP contribution in [0.3, 0.4) is 0 Å². The molecule has 3 nitrogen and oxygen atoms in total. The average molecular weight is 175 g/mol. The Morgan fingerprint density at radius 3 is 2.42 bits per heavy atom. The summed E-state index contributed by atoms with van der Waals surface area (Å²) in [6.07, 6.45) is 1.02. The smallest absolute Gasteiger partial charge is 0.0718 e. The van der Waals surface area contributed by atoms with Crippen molar-refractivity contribution in [3.05, 3.63) is 0 Å². The third kappa shape index (κ3) is 7.98. The van der Waals surface area contributed by atoms with Crippen LogP contribution in [0.5, 0.6) is 0 Å². The second-order valence-electron chi connectivity index (χ2n) is 3.90. The summed E-state index contributed by atoms with van der Waals surface area (Å²) in [5.41, 5.74) is -0.595. The van der Waals surface area contributed by atoms with E-state index in [1.54, 1.807) is 7.11 Å². The first-order valence-electron chi connectivity index (χ1n) is 4.35. The number of aliphatic hydroxyl groups is 1. The lowest BCUT2D eigenvalue weighted by Crippen LogP contribution is -2.36. The van der Waals surface area contributed by atoms with Gasteiger partial charge in [-0.05, 0) is 27.3 Å². The van der Waals surface area contributed by atoms with Crippen molar-refractivity contribution in [1.82, 2.24) is 4.90 Å². The van der Waals surface area contributed by atoms with Crippen LogP contribution in [0, 0.1) is 0 Å². The first-order chi connectivity index (χ1) is 5.45. The molecule has 0 bridgehead atoms. The van der Waals surface area contributed by atoms with Gasteiger partial charge >= 0.3 is 0 Å². The molecule has 0 aromatic rings. The van der Waals surface area contributed by atoms with Crippen molar-refractivity contribution in [2.45, 2.75) is 25.9 Å². The van der Waals surface area contributed by atoms with E-state index in [9.17, 15) is 5.11 Å². The van der Waals surface area contributed by atoms with Gasteiger partial charge in [-0.15, -0.1) is 0 Å². The molecule has 12 heavy (non-hydrogen) atoms. The zero-order chi connectivity index (χ0) is 9.61. The Labute approximate surface area is 75.3 Å². The molecular formula is C9H21NO2. The van der Waals surface area contributed by atoms with Crippen LogP contribution in [-0.2, 0) is 4.74 Å². The summed E-state index contributed by atoms with van der Waals surface area (Å²) in [5, 5.41) is 9.47. The van der Waals surface area contributed by atoms with Crippen LogP contribution in [0.2, 0.25) is 0 Å². The molecule has 1 N–H and O–H groups in total. The summed E-state index contributed by atoms with van der Waals surface area (Å²) in [6, 6.07) is 0. The molecule has 0 unspecified atom stereocenters. The van der Waals surface area contributed by atoms with Crippen molar-refractivity contribution in [1.29, 1.82) is 0 Å². The maximum Gasteiger partial charge on any atom is 0.0718 e. The van der Waals surface area contributed by atoms with E-state index < -0.39 is 5.60 Å². The topological polar surface area (TPSA) is 32.7 Å². The van der Waals surface area contributed by atoms with Gasteiger partial charge in [0.2, 0.25) is 0 Å². The monoisotopic (exact) mass is 175 g/mol. The van der Waals surface area contributed by atoms with Crippen molar-refractivity contribution in [2.75, 3.05) is 33.9 Å². The first-order valence-corrected chi connectivity index (χ1v) is 4.35. The zero-order valence-electron chi connectivity index (χ0n) is 8.63. The molecule has 0 saturated heterocycles. The Hall–Kier alpha value is -0.120. The summed E-state index contributed by atoms with van der Waals surface area (Å²) < 4.78 is 4.93. The number of likely N-dealkylation sites (N-methyl/N-ethyl adjacent to an activating group) is 1. The van der Waals surface area contributed by atoms with Crippen molar-refractivity contribution in [3.63, 3.8) is 0 Å². The van der Waals surface area contributed by atoms with E-state index in [1.807, 2.05) is 20.9 Å². The van der Waals surface area contributed by atoms with Gasteiger partial charge in [-0.3, -0.25) is 0 Å². The SMILES string of the molecule is COCCCN(C)CC(C)(C)O. The van der Waals surface area contributed by atoms with Gasteiger partial charge in [0.05, 0.1) is 5.60 Å². The van der Waals surface area contributed by atoms with E-state index in [-0.39, 0.29) is 0 Å². The van der Waals surface area contributed by atoms with Crippen LogP contribution in [0.25, 0.3) is 0 Å². The molecule has 0 heterocycles. The van der Waals surface area contributed by atoms with Crippen molar-refractivity contribution in [3.8, 4) is 0 Å². The van der Waals surface area contributed by atoms with Crippen LogP contribution in [0.4, 0.5) is 0 Å². The maximum atomic E-state index is 9.47. The molecule has 0 atom stereocenters. The molecule has 0 radical (unpaired) electrons. The minimum Gasteiger partial charge on any atom is -0.389 e. The Balaban J connectivity index is 3.40. The Bertz CT molecular complexity index is 110. The molecule has 0 saturated carbocycles. The van der Waals surface area contributed by atoms with Crippen molar-refractivity contribution >= 4 is 0 Å². The van der Waals surface area contributed by atoms with E-state index >= 15 is 0 Å². The molecule has 0 aromatic carbocycles. The molecule has 0 aromatic heterocycles. The fraction of sp³-hybridized carbons (Fsp3) is 1.00. The van der Waals surface area contributed by atoms with Crippen molar-refractivity contribution < 1.29 is 9.84 Å².